The summed E-state index contributed by atoms with van der Waals surface area (Å²) in [5.41, 5.74) is 1.57. The number of rotatable bonds is 4. The number of amides is 1. The Hall–Kier alpha value is -1.36. The Labute approximate surface area is 101 Å². The first-order chi connectivity index (χ1) is 8.22. The minimum absolute atomic E-state index is 0.0577. The summed E-state index contributed by atoms with van der Waals surface area (Å²) in [7, 11) is 0. The molecule has 2 heterocycles. The van der Waals surface area contributed by atoms with Gasteiger partial charge in [0.15, 0.2) is 0 Å². The molecule has 1 aromatic rings. The van der Waals surface area contributed by atoms with Crippen LogP contribution in [0.2, 0.25) is 0 Å². The van der Waals surface area contributed by atoms with Crippen LogP contribution in [0.1, 0.15) is 35.8 Å². The summed E-state index contributed by atoms with van der Waals surface area (Å²) in [5.74, 6) is -0.0577. The summed E-state index contributed by atoms with van der Waals surface area (Å²) in [5, 5.41) is 7.06. The summed E-state index contributed by atoms with van der Waals surface area (Å²) >= 11 is 0. The molecule has 1 aliphatic rings. The molecule has 2 rings (SSSR count). The average Bonchev–Trinajstić information content (AvgIpc) is 2.95. The second kappa shape index (κ2) is 5.31. The summed E-state index contributed by atoms with van der Waals surface area (Å²) in [6, 6.07) is 0. The maximum atomic E-state index is 11.9. The number of nitrogens with one attached hydrogen (secondary N) is 1. The van der Waals surface area contributed by atoms with Crippen LogP contribution >= 0.6 is 0 Å². The molecule has 94 valence electrons. The molecule has 0 aliphatic carbocycles. The fourth-order valence-electron chi connectivity index (χ4n) is 2.10. The Balaban J connectivity index is 1.92. The van der Waals surface area contributed by atoms with E-state index in [4.69, 9.17) is 4.74 Å². The number of hydrogen-bond acceptors (Lipinski definition) is 3. The molecule has 17 heavy (non-hydrogen) atoms. The lowest BCUT2D eigenvalue weighted by Gasteiger charge is -2.10. The Morgan fingerprint density at radius 1 is 1.71 bits per heavy atom. The van der Waals surface area contributed by atoms with Crippen molar-refractivity contribution in [2.45, 2.75) is 39.3 Å². The zero-order valence-corrected chi connectivity index (χ0v) is 10.4. The Kier molecular flexibility index (Phi) is 3.78. The smallest absolute Gasteiger partial charge is 0.254 e. The van der Waals surface area contributed by atoms with Crippen molar-refractivity contribution in [1.29, 1.82) is 0 Å². The molecule has 1 N–H and O–H groups in total. The topological polar surface area (TPSA) is 56.2 Å². The van der Waals surface area contributed by atoms with Crippen LogP contribution in [0.15, 0.2) is 6.20 Å². The first-order valence-electron chi connectivity index (χ1n) is 6.14. The maximum Gasteiger partial charge on any atom is 0.254 e. The summed E-state index contributed by atoms with van der Waals surface area (Å²) in [6.07, 6.45) is 3.94. The van der Waals surface area contributed by atoms with Crippen LogP contribution in [-0.4, -0.2) is 34.9 Å². The fourth-order valence-corrected chi connectivity index (χ4v) is 2.10. The van der Waals surface area contributed by atoms with Crippen LogP contribution in [0.5, 0.6) is 0 Å². The van der Waals surface area contributed by atoms with E-state index in [0.29, 0.717) is 12.1 Å². The predicted molar refractivity (Wildman–Crippen MR) is 63.9 cm³/mol. The van der Waals surface area contributed by atoms with Crippen molar-refractivity contribution in [2.24, 2.45) is 0 Å². The number of aromatic nitrogens is 2. The van der Waals surface area contributed by atoms with E-state index in [1.54, 1.807) is 6.20 Å². The van der Waals surface area contributed by atoms with E-state index in [-0.39, 0.29) is 12.0 Å². The minimum Gasteiger partial charge on any atom is -0.376 e. The predicted octanol–water partition coefficient (Wildman–Crippen LogP) is 1.12. The molecule has 0 spiro atoms. The van der Waals surface area contributed by atoms with Crippen LogP contribution < -0.4 is 5.32 Å². The van der Waals surface area contributed by atoms with E-state index < -0.39 is 0 Å². The van der Waals surface area contributed by atoms with Crippen molar-refractivity contribution in [3.63, 3.8) is 0 Å². The van der Waals surface area contributed by atoms with Crippen LogP contribution in [0.3, 0.4) is 0 Å². The zero-order chi connectivity index (χ0) is 12.3. The molecule has 0 aromatic carbocycles. The van der Waals surface area contributed by atoms with E-state index >= 15 is 0 Å². The molecule has 1 unspecified atom stereocenters. The van der Waals surface area contributed by atoms with E-state index in [0.717, 1.165) is 31.7 Å². The number of carbonyl (C=O) groups is 1. The minimum atomic E-state index is -0.0577. The van der Waals surface area contributed by atoms with Gasteiger partial charge in [0, 0.05) is 25.4 Å². The molecule has 1 aromatic heterocycles. The molecule has 1 atom stereocenters. The third-order valence-electron chi connectivity index (χ3n) is 3.16. The second-order valence-corrected chi connectivity index (χ2v) is 4.30. The van der Waals surface area contributed by atoms with Crippen molar-refractivity contribution >= 4 is 5.91 Å². The highest BCUT2D eigenvalue weighted by Crippen LogP contribution is 2.11. The Morgan fingerprint density at radius 3 is 3.12 bits per heavy atom. The first-order valence-corrected chi connectivity index (χ1v) is 6.14. The zero-order valence-electron chi connectivity index (χ0n) is 10.4. The molecule has 1 amide bonds. The van der Waals surface area contributed by atoms with Gasteiger partial charge in [-0.15, -0.1) is 0 Å². The maximum absolute atomic E-state index is 11.9. The molecule has 1 saturated heterocycles. The molecule has 5 heteroatoms. The first kappa shape index (κ1) is 12.1. The van der Waals surface area contributed by atoms with E-state index in [9.17, 15) is 4.79 Å². The SMILES string of the molecule is CCn1ncc(C(=O)NCC2CCCO2)c1C. The number of aryl methyl sites for hydroxylation is 1. The van der Waals surface area contributed by atoms with Crippen molar-refractivity contribution in [3.8, 4) is 0 Å². The lowest BCUT2D eigenvalue weighted by molar-refractivity contribution is 0.0857. The number of carbonyl (C=O) groups excluding carboxylic acids is 1. The molecule has 5 nitrogen and oxygen atoms in total. The molecule has 0 bridgehead atoms. The van der Waals surface area contributed by atoms with Crippen LogP contribution in [0, 0.1) is 6.92 Å². The Morgan fingerprint density at radius 2 is 2.53 bits per heavy atom. The third-order valence-corrected chi connectivity index (χ3v) is 3.16. The lowest BCUT2D eigenvalue weighted by atomic mass is 10.2. The fraction of sp³-hybridized carbons (Fsp3) is 0.667. The number of nitrogens with zero attached hydrogens (tertiary/aromatic N) is 2. The van der Waals surface area contributed by atoms with Gasteiger partial charge in [-0.1, -0.05) is 0 Å². The molecule has 1 aliphatic heterocycles. The van der Waals surface area contributed by atoms with E-state index in [1.165, 1.54) is 0 Å². The van der Waals surface area contributed by atoms with Gasteiger partial charge in [-0.05, 0) is 26.7 Å². The largest absolute Gasteiger partial charge is 0.376 e. The van der Waals surface area contributed by atoms with Gasteiger partial charge in [0.2, 0.25) is 0 Å². The lowest BCUT2D eigenvalue weighted by Crippen LogP contribution is -2.32. The quantitative estimate of drug-likeness (QED) is 0.853. The van der Waals surface area contributed by atoms with Gasteiger partial charge >= 0.3 is 0 Å². The van der Waals surface area contributed by atoms with Gasteiger partial charge in [-0.3, -0.25) is 9.48 Å². The van der Waals surface area contributed by atoms with Gasteiger partial charge in [0.1, 0.15) is 0 Å². The van der Waals surface area contributed by atoms with Crippen molar-refractivity contribution < 1.29 is 9.53 Å². The highest BCUT2D eigenvalue weighted by molar-refractivity contribution is 5.95. The van der Waals surface area contributed by atoms with Gasteiger partial charge in [0.25, 0.3) is 5.91 Å². The monoisotopic (exact) mass is 237 g/mol. The molecule has 0 radical (unpaired) electrons. The van der Waals surface area contributed by atoms with Crippen LogP contribution in [0.25, 0.3) is 0 Å². The van der Waals surface area contributed by atoms with Gasteiger partial charge in [-0.2, -0.15) is 5.10 Å². The average molecular weight is 237 g/mol. The highest BCUT2D eigenvalue weighted by atomic mass is 16.5. The molecule has 1 fully saturated rings. The van der Waals surface area contributed by atoms with Gasteiger partial charge in [0.05, 0.1) is 17.9 Å². The third kappa shape index (κ3) is 2.66. The van der Waals surface area contributed by atoms with Gasteiger partial charge in [-0.25, -0.2) is 0 Å². The highest BCUT2D eigenvalue weighted by Gasteiger charge is 2.18. The van der Waals surface area contributed by atoms with Crippen LogP contribution in [0.4, 0.5) is 0 Å². The van der Waals surface area contributed by atoms with Gasteiger partial charge < -0.3 is 10.1 Å². The van der Waals surface area contributed by atoms with Crippen molar-refractivity contribution in [2.75, 3.05) is 13.2 Å². The summed E-state index contributed by atoms with van der Waals surface area (Å²) in [4.78, 5) is 11.9. The number of hydrogen-bond donors (Lipinski definition) is 1. The number of ether oxygens (including phenoxy) is 1. The van der Waals surface area contributed by atoms with Crippen molar-refractivity contribution in [1.82, 2.24) is 15.1 Å². The van der Waals surface area contributed by atoms with Crippen LogP contribution in [-0.2, 0) is 11.3 Å². The molecular formula is C12H19N3O2. The standard InChI is InChI=1S/C12H19N3O2/c1-3-15-9(2)11(8-14-15)12(16)13-7-10-5-4-6-17-10/h8,10H,3-7H2,1-2H3,(H,13,16). The molecular weight excluding hydrogens is 218 g/mol. The summed E-state index contributed by atoms with van der Waals surface area (Å²) in [6.45, 7) is 6.11. The Bertz CT molecular complexity index is 394. The van der Waals surface area contributed by atoms with E-state index in [1.807, 2.05) is 18.5 Å². The van der Waals surface area contributed by atoms with Crippen molar-refractivity contribution in [3.05, 3.63) is 17.5 Å². The normalized spacial score (nSPS) is 19.5. The van der Waals surface area contributed by atoms with E-state index in [2.05, 4.69) is 10.4 Å². The molecule has 0 saturated carbocycles. The second-order valence-electron chi connectivity index (χ2n) is 4.30. The summed E-state index contributed by atoms with van der Waals surface area (Å²) < 4.78 is 7.28.